The molecule has 5 nitrogen and oxygen atoms in total. The van der Waals surface area contributed by atoms with Gasteiger partial charge >= 0.3 is 12.0 Å². The van der Waals surface area contributed by atoms with Gasteiger partial charge in [0.2, 0.25) is 0 Å². The van der Waals surface area contributed by atoms with E-state index in [4.69, 9.17) is 16.7 Å². The molecule has 20 heavy (non-hydrogen) atoms. The first-order chi connectivity index (χ1) is 9.45. The van der Waals surface area contributed by atoms with Gasteiger partial charge in [0.15, 0.2) is 0 Å². The lowest BCUT2D eigenvalue weighted by atomic mass is 10.2. The number of anilines is 1. The van der Waals surface area contributed by atoms with E-state index in [2.05, 4.69) is 11.9 Å². The normalized spacial score (nSPS) is 9.90. The summed E-state index contributed by atoms with van der Waals surface area (Å²) in [5.74, 6) is -1.13. The number of allylic oxidation sites excluding steroid dienone is 1. The Morgan fingerprint density at radius 2 is 2.20 bits per heavy atom. The minimum Gasteiger partial charge on any atom is -0.478 e. The van der Waals surface area contributed by atoms with Crippen molar-refractivity contribution in [1.29, 1.82) is 0 Å². The van der Waals surface area contributed by atoms with Gasteiger partial charge in [-0.15, -0.1) is 6.58 Å². The fourth-order valence-corrected chi connectivity index (χ4v) is 1.76. The zero-order valence-electron chi connectivity index (χ0n) is 11.2. The van der Waals surface area contributed by atoms with Crippen molar-refractivity contribution < 1.29 is 14.7 Å². The molecular weight excluding hydrogens is 280 g/mol. The Balaban J connectivity index is 2.68. The van der Waals surface area contributed by atoms with E-state index < -0.39 is 5.97 Å². The lowest BCUT2D eigenvalue weighted by Gasteiger charge is -2.17. The van der Waals surface area contributed by atoms with Crippen LogP contribution in [-0.4, -0.2) is 35.6 Å². The zero-order chi connectivity index (χ0) is 15.1. The molecule has 108 valence electrons. The quantitative estimate of drug-likeness (QED) is 0.624. The molecule has 0 heterocycles. The second kappa shape index (κ2) is 7.55. The number of nitrogens with one attached hydrogen (secondary N) is 1. The molecule has 0 aliphatic carbocycles. The van der Waals surface area contributed by atoms with Crippen LogP contribution in [0.25, 0.3) is 0 Å². The van der Waals surface area contributed by atoms with Crippen molar-refractivity contribution in [3.8, 4) is 0 Å². The van der Waals surface area contributed by atoms with Gasteiger partial charge in [-0.3, -0.25) is 0 Å². The first-order valence-electron chi connectivity index (χ1n) is 6.11. The van der Waals surface area contributed by atoms with Gasteiger partial charge in [0, 0.05) is 19.3 Å². The highest BCUT2D eigenvalue weighted by atomic mass is 35.5. The summed E-state index contributed by atoms with van der Waals surface area (Å²) in [4.78, 5) is 24.4. The van der Waals surface area contributed by atoms with Crippen LogP contribution < -0.4 is 5.32 Å². The molecule has 0 aliphatic rings. The highest BCUT2D eigenvalue weighted by Gasteiger charge is 2.12. The van der Waals surface area contributed by atoms with Crippen molar-refractivity contribution in [2.24, 2.45) is 0 Å². The molecule has 0 saturated carbocycles. The van der Waals surface area contributed by atoms with Gasteiger partial charge in [0.25, 0.3) is 0 Å². The molecule has 2 amide bonds. The minimum absolute atomic E-state index is 0.0428. The first-order valence-corrected chi connectivity index (χ1v) is 6.49. The standard InChI is InChI=1S/C14H17ClN2O3/c1-3-4-5-8-17(2)14(20)16-10-6-7-12(15)11(9-10)13(18)19/h3,6-7,9H,1,4-5,8H2,2H3,(H,16,20)(H,18,19). The Bertz CT molecular complexity index is 517. The zero-order valence-corrected chi connectivity index (χ0v) is 12.0. The molecule has 0 bridgehead atoms. The second-order valence-corrected chi connectivity index (χ2v) is 4.69. The maximum Gasteiger partial charge on any atom is 0.337 e. The third-order valence-corrected chi connectivity index (χ3v) is 3.03. The highest BCUT2D eigenvalue weighted by Crippen LogP contribution is 2.20. The molecule has 6 heteroatoms. The number of halogens is 1. The smallest absolute Gasteiger partial charge is 0.337 e. The SMILES string of the molecule is C=CCCCN(C)C(=O)Nc1ccc(Cl)c(C(=O)O)c1. The number of carboxylic acids is 1. The number of carboxylic acid groups (broad SMARTS) is 1. The average Bonchev–Trinajstić information content (AvgIpc) is 2.40. The van der Waals surface area contributed by atoms with E-state index in [-0.39, 0.29) is 16.6 Å². The van der Waals surface area contributed by atoms with Crippen molar-refractivity contribution in [3.63, 3.8) is 0 Å². The maximum absolute atomic E-state index is 11.9. The number of hydrogen-bond donors (Lipinski definition) is 2. The molecule has 1 rings (SSSR count). The number of carbonyl (C=O) groups is 2. The van der Waals surface area contributed by atoms with Crippen molar-refractivity contribution in [1.82, 2.24) is 4.90 Å². The van der Waals surface area contributed by atoms with Crippen LogP contribution >= 0.6 is 11.6 Å². The van der Waals surface area contributed by atoms with E-state index in [0.29, 0.717) is 12.2 Å². The molecule has 1 aromatic rings. The number of amides is 2. The summed E-state index contributed by atoms with van der Waals surface area (Å²) in [5, 5.41) is 11.7. The van der Waals surface area contributed by atoms with E-state index in [9.17, 15) is 9.59 Å². The molecule has 0 unspecified atom stereocenters. The van der Waals surface area contributed by atoms with Crippen LogP contribution in [0, 0.1) is 0 Å². The van der Waals surface area contributed by atoms with Crippen molar-refractivity contribution in [2.45, 2.75) is 12.8 Å². The molecule has 0 saturated heterocycles. The summed E-state index contributed by atoms with van der Waals surface area (Å²) in [6.07, 6.45) is 3.46. The van der Waals surface area contributed by atoms with Gasteiger partial charge in [0.05, 0.1) is 10.6 Å². The number of aromatic carboxylic acids is 1. The molecule has 0 atom stereocenters. The summed E-state index contributed by atoms with van der Waals surface area (Å²) in [6, 6.07) is 4.04. The third-order valence-electron chi connectivity index (χ3n) is 2.70. The van der Waals surface area contributed by atoms with E-state index in [1.165, 1.54) is 17.0 Å². The highest BCUT2D eigenvalue weighted by molar-refractivity contribution is 6.33. The summed E-state index contributed by atoms with van der Waals surface area (Å²) >= 11 is 5.76. The molecule has 0 spiro atoms. The number of benzene rings is 1. The lowest BCUT2D eigenvalue weighted by Crippen LogP contribution is -2.32. The predicted octanol–water partition coefficient (Wildman–Crippen LogP) is 3.47. The number of nitrogens with zero attached hydrogens (tertiary/aromatic N) is 1. The summed E-state index contributed by atoms with van der Waals surface area (Å²) in [6.45, 7) is 4.21. The minimum atomic E-state index is -1.13. The van der Waals surface area contributed by atoms with Crippen LogP contribution in [0.1, 0.15) is 23.2 Å². The molecule has 0 aromatic heterocycles. The molecular formula is C14H17ClN2O3. The van der Waals surface area contributed by atoms with E-state index in [1.807, 2.05) is 0 Å². The van der Waals surface area contributed by atoms with Crippen LogP contribution in [0.2, 0.25) is 5.02 Å². The van der Waals surface area contributed by atoms with Gasteiger partial charge in [-0.1, -0.05) is 17.7 Å². The molecule has 0 aliphatic heterocycles. The van der Waals surface area contributed by atoms with Crippen LogP contribution in [0.4, 0.5) is 10.5 Å². The van der Waals surface area contributed by atoms with Crippen molar-refractivity contribution in [2.75, 3.05) is 18.9 Å². The van der Waals surface area contributed by atoms with Gasteiger partial charge in [-0.05, 0) is 31.0 Å². The van der Waals surface area contributed by atoms with E-state index >= 15 is 0 Å². The number of hydrogen-bond acceptors (Lipinski definition) is 2. The molecule has 0 radical (unpaired) electrons. The third kappa shape index (κ3) is 4.59. The molecule has 0 fully saturated rings. The average molecular weight is 297 g/mol. The predicted molar refractivity (Wildman–Crippen MR) is 79.5 cm³/mol. The lowest BCUT2D eigenvalue weighted by molar-refractivity contribution is 0.0697. The van der Waals surface area contributed by atoms with Gasteiger partial charge in [-0.2, -0.15) is 0 Å². The fraction of sp³-hybridized carbons (Fsp3) is 0.286. The van der Waals surface area contributed by atoms with Crippen LogP contribution in [0.3, 0.4) is 0 Å². The van der Waals surface area contributed by atoms with Crippen molar-refractivity contribution >= 4 is 29.3 Å². The Hall–Kier alpha value is -2.01. The fourth-order valence-electron chi connectivity index (χ4n) is 1.56. The van der Waals surface area contributed by atoms with Gasteiger partial charge in [0.1, 0.15) is 0 Å². The summed E-state index contributed by atoms with van der Waals surface area (Å²) in [7, 11) is 1.67. The van der Waals surface area contributed by atoms with Crippen LogP contribution in [0.15, 0.2) is 30.9 Å². The van der Waals surface area contributed by atoms with Crippen LogP contribution in [-0.2, 0) is 0 Å². The van der Waals surface area contributed by atoms with Gasteiger partial charge in [-0.25, -0.2) is 9.59 Å². The second-order valence-electron chi connectivity index (χ2n) is 4.28. The molecule has 1 aromatic carbocycles. The Morgan fingerprint density at radius 3 is 2.80 bits per heavy atom. The Kier molecular flexibility index (Phi) is 6.06. The maximum atomic E-state index is 11.9. The topological polar surface area (TPSA) is 69.6 Å². The largest absolute Gasteiger partial charge is 0.478 e. The summed E-state index contributed by atoms with van der Waals surface area (Å²) < 4.78 is 0. The first kappa shape index (κ1) is 16.0. The summed E-state index contributed by atoms with van der Waals surface area (Å²) in [5.41, 5.74) is 0.353. The van der Waals surface area contributed by atoms with E-state index in [1.54, 1.807) is 19.2 Å². The van der Waals surface area contributed by atoms with Gasteiger partial charge < -0.3 is 15.3 Å². The van der Waals surface area contributed by atoms with Crippen molar-refractivity contribution in [3.05, 3.63) is 41.4 Å². The molecule has 2 N–H and O–H groups in total. The number of carbonyl (C=O) groups excluding carboxylic acids is 1. The monoisotopic (exact) mass is 296 g/mol. The number of unbranched alkanes of at least 4 members (excludes halogenated alkanes) is 1. The van der Waals surface area contributed by atoms with E-state index in [0.717, 1.165) is 12.8 Å². The number of urea groups is 1. The Morgan fingerprint density at radius 1 is 1.50 bits per heavy atom. The van der Waals surface area contributed by atoms with Crippen LogP contribution in [0.5, 0.6) is 0 Å². The number of rotatable bonds is 6. The Labute approximate surface area is 122 Å².